The van der Waals surface area contributed by atoms with Crippen LogP contribution < -0.4 is 0 Å². The van der Waals surface area contributed by atoms with E-state index in [0.717, 1.165) is 37.3 Å². The molecule has 2 aliphatic heterocycles. The largest absolute Gasteiger partial charge is 0.376 e. The van der Waals surface area contributed by atoms with Gasteiger partial charge in [0, 0.05) is 31.0 Å². The Bertz CT molecular complexity index is 1320. The van der Waals surface area contributed by atoms with E-state index < -0.39 is 21.7 Å². The molecule has 0 aliphatic carbocycles. The molecule has 6 nitrogen and oxygen atoms in total. The smallest absolute Gasteiger partial charge is 0.243 e. The van der Waals surface area contributed by atoms with E-state index >= 15 is 0 Å². The lowest BCUT2D eigenvalue weighted by atomic mass is 10.0. The number of piperidine rings is 1. The van der Waals surface area contributed by atoms with Crippen molar-refractivity contribution in [1.29, 1.82) is 0 Å². The van der Waals surface area contributed by atoms with Crippen LogP contribution in [0, 0.1) is 17.6 Å². The van der Waals surface area contributed by atoms with E-state index in [1.54, 1.807) is 28.6 Å². The topological polar surface area (TPSA) is 64.4 Å². The first-order valence-corrected chi connectivity index (χ1v) is 14.4. The van der Waals surface area contributed by atoms with E-state index in [4.69, 9.17) is 9.72 Å². The van der Waals surface area contributed by atoms with Crippen molar-refractivity contribution in [3.63, 3.8) is 0 Å². The van der Waals surface area contributed by atoms with Crippen LogP contribution in [0.1, 0.15) is 38.2 Å². The number of fused-ring (bicyclic) bond motifs is 1. The average Bonchev–Trinajstić information content (AvgIpc) is 3.48. The number of hydrogen-bond donors (Lipinski definition) is 0. The molecule has 35 heavy (non-hydrogen) atoms. The monoisotopic (exact) mass is 521 g/mol. The van der Waals surface area contributed by atoms with Crippen LogP contribution in [0.25, 0.3) is 11.0 Å². The maximum absolute atomic E-state index is 14.2. The molecule has 10 heteroatoms. The van der Waals surface area contributed by atoms with E-state index in [-0.39, 0.29) is 22.3 Å². The lowest BCUT2D eigenvalue weighted by Gasteiger charge is -2.30. The molecule has 3 heterocycles. The van der Waals surface area contributed by atoms with Gasteiger partial charge in [0.1, 0.15) is 0 Å². The van der Waals surface area contributed by atoms with Crippen LogP contribution in [0.2, 0.25) is 0 Å². The van der Waals surface area contributed by atoms with Gasteiger partial charge in [-0.2, -0.15) is 4.31 Å². The van der Waals surface area contributed by atoms with E-state index in [1.165, 1.54) is 17.8 Å². The summed E-state index contributed by atoms with van der Waals surface area (Å²) in [6.45, 7) is 4.40. The van der Waals surface area contributed by atoms with Crippen LogP contribution in [-0.4, -0.2) is 48.1 Å². The van der Waals surface area contributed by atoms with Crippen LogP contribution in [0.4, 0.5) is 8.78 Å². The van der Waals surface area contributed by atoms with Gasteiger partial charge in [0.25, 0.3) is 0 Å². The Labute approximate surface area is 208 Å². The van der Waals surface area contributed by atoms with Crippen molar-refractivity contribution in [3.05, 3.63) is 53.6 Å². The van der Waals surface area contributed by atoms with Crippen LogP contribution in [0.5, 0.6) is 0 Å². The van der Waals surface area contributed by atoms with Crippen molar-refractivity contribution >= 4 is 32.8 Å². The number of benzene rings is 2. The number of halogens is 2. The molecule has 5 rings (SSSR count). The van der Waals surface area contributed by atoms with Crippen LogP contribution in [0.15, 0.2) is 46.5 Å². The summed E-state index contributed by atoms with van der Waals surface area (Å²) in [5, 5.41) is 0.625. The Morgan fingerprint density at radius 1 is 1.17 bits per heavy atom. The number of thioether (sulfide) groups is 1. The number of hydrogen-bond acceptors (Lipinski definition) is 5. The molecule has 0 radical (unpaired) electrons. The number of ether oxygens (including phenoxy) is 1. The van der Waals surface area contributed by atoms with Crippen molar-refractivity contribution in [1.82, 2.24) is 13.9 Å². The Morgan fingerprint density at radius 3 is 2.80 bits per heavy atom. The van der Waals surface area contributed by atoms with Gasteiger partial charge in [-0.15, -0.1) is 0 Å². The number of rotatable bonds is 7. The molecule has 0 saturated carbocycles. The lowest BCUT2D eigenvalue weighted by Crippen LogP contribution is -2.39. The summed E-state index contributed by atoms with van der Waals surface area (Å²) in [7, 11) is -3.62. The summed E-state index contributed by atoms with van der Waals surface area (Å²) >= 11 is 1.30. The summed E-state index contributed by atoms with van der Waals surface area (Å²) < 4.78 is 63.9. The summed E-state index contributed by atoms with van der Waals surface area (Å²) in [5.74, 6) is -1.20. The first-order valence-electron chi connectivity index (χ1n) is 12.0. The second kappa shape index (κ2) is 10.2. The van der Waals surface area contributed by atoms with Crippen molar-refractivity contribution < 1.29 is 21.9 Å². The summed E-state index contributed by atoms with van der Waals surface area (Å²) in [6, 6.07) is 9.21. The molecule has 2 fully saturated rings. The first kappa shape index (κ1) is 24.7. The number of sulfonamides is 1. The molecule has 3 aromatic rings. The Kier molecular flexibility index (Phi) is 7.16. The molecule has 188 valence electrons. The number of nitrogens with zero attached hydrogens (tertiary/aromatic N) is 3. The molecule has 0 bridgehead atoms. The van der Waals surface area contributed by atoms with Gasteiger partial charge in [-0.05, 0) is 55.9 Å². The summed E-state index contributed by atoms with van der Waals surface area (Å²) in [5.41, 5.74) is 1.62. The van der Waals surface area contributed by atoms with E-state index in [9.17, 15) is 17.2 Å². The summed E-state index contributed by atoms with van der Waals surface area (Å²) in [4.78, 5) is 4.96. The molecule has 0 spiro atoms. The van der Waals surface area contributed by atoms with E-state index in [2.05, 4.69) is 6.92 Å². The highest BCUT2D eigenvalue weighted by atomic mass is 32.2. The normalized spacial score (nSPS) is 21.7. The molecule has 2 aliphatic rings. The zero-order valence-corrected chi connectivity index (χ0v) is 21.3. The SMILES string of the molecule is C[C@H]1CCCN(S(=O)(=O)c2ccc3c(c2)nc(SCc2cccc(F)c2F)n3C[C@H]2CCCO2)C1. The first-order chi connectivity index (χ1) is 16.8. The van der Waals surface area contributed by atoms with Gasteiger partial charge in [-0.1, -0.05) is 30.8 Å². The van der Waals surface area contributed by atoms with Crippen LogP contribution in [-0.2, 0) is 27.1 Å². The van der Waals surface area contributed by atoms with E-state index in [0.29, 0.717) is 42.8 Å². The fourth-order valence-corrected chi connectivity index (χ4v) is 7.46. The van der Waals surface area contributed by atoms with Crippen molar-refractivity contribution in [2.75, 3.05) is 19.7 Å². The van der Waals surface area contributed by atoms with Crippen LogP contribution in [0.3, 0.4) is 0 Å². The molecular formula is C25H29F2N3O3S2. The minimum Gasteiger partial charge on any atom is -0.376 e. The molecule has 1 aromatic heterocycles. The Hall–Kier alpha value is -2.01. The molecule has 0 N–H and O–H groups in total. The number of imidazole rings is 1. The molecule has 0 unspecified atom stereocenters. The van der Waals surface area contributed by atoms with Gasteiger partial charge in [0.15, 0.2) is 16.8 Å². The quantitative estimate of drug-likeness (QED) is 0.400. The predicted molar refractivity (Wildman–Crippen MR) is 132 cm³/mol. The standard InChI is InChI=1S/C25H29F2N3O3S2/c1-17-5-3-11-29(14-17)35(31,32)20-9-10-23-22(13-20)28-25(30(23)15-19-7-4-12-33-19)34-16-18-6-2-8-21(26)24(18)27/h2,6,8-10,13,17,19H,3-5,7,11-12,14-16H2,1H3/t17-,19+/m0/s1. The molecule has 2 saturated heterocycles. The predicted octanol–water partition coefficient (Wildman–Crippen LogP) is 5.21. The second-order valence-electron chi connectivity index (χ2n) is 9.40. The zero-order chi connectivity index (χ0) is 24.6. The van der Waals surface area contributed by atoms with Gasteiger partial charge in [-0.25, -0.2) is 22.2 Å². The fraction of sp³-hybridized carbons (Fsp3) is 0.480. The van der Waals surface area contributed by atoms with E-state index in [1.807, 2.05) is 4.57 Å². The van der Waals surface area contributed by atoms with Gasteiger partial charge < -0.3 is 9.30 Å². The van der Waals surface area contributed by atoms with Gasteiger partial charge in [-0.3, -0.25) is 0 Å². The Balaban J connectivity index is 1.48. The highest BCUT2D eigenvalue weighted by molar-refractivity contribution is 7.98. The maximum atomic E-state index is 14.2. The summed E-state index contributed by atoms with van der Waals surface area (Å²) in [6.07, 6.45) is 3.85. The molecular weight excluding hydrogens is 492 g/mol. The molecule has 0 amide bonds. The van der Waals surface area contributed by atoms with Gasteiger partial charge in [0.05, 0.1) is 28.6 Å². The van der Waals surface area contributed by atoms with Crippen molar-refractivity contribution in [2.24, 2.45) is 5.92 Å². The van der Waals surface area contributed by atoms with Gasteiger partial charge >= 0.3 is 0 Å². The number of aromatic nitrogens is 2. The highest BCUT2D eigenvalue weighted by Crippen LogP contribution is 2.32. The highest BCUT2D eigenvalue weighted by Gasteiger charge is 2.29. The molecule has 2 aromatic carbocycles. The van der Waals surface area contributed by atoms with Crippen molar-refractivity contribution in [2.45, 2.75) is 61.1 Å². The maximum Gasteiger partial charge on any atom is 0.243 e. The fourth-order valence-electron chi connectivity index (χ4n) is 4.84. The molecule has 2 atom stereocenters. The third kappa shape index (κ3) is 5.12. The average molecular weight is 522 g/mol. The van der Waals surface area contributed by atoms with Crippen molar-refractivity contribution in [3.8, 4) is 0 Å². The second-order valence-corrected chi connectivity index (χ2v) is 12.3. The minimum absolute atomic E-state index is 0.0379. The van der Waals surface area contributed by atoms with Gasteiger partial charge in [0.2, 0.25) is 10.0 Å². The Morgan fingerprint density at radius 2 is 2.03 bits per heavy atom. The zero-order valence-electron chi connectivity index (χ0n) is 19.6. The minimum atomic E-state index is -3.62. The lowest BCUT2D eigenvalue weighted by molar-refractivity contribution is 0.0960. The van der Waals surface area contributed by atoms with Crippen LogP contribution >= 0.6 is 11.8 Å². The third-order valence-electron chi connectivity index (χ3n) is 6.74. The third-order valence-corrected chi connectivity index (χ3v) is 9.63.